The van der Waals surface area contributed by atoms with Crippen LogP contribution in [-0.4, -0.2) is 11.1 Å². The number of hydrogen-bond donors (Lipinski definition) is 1. The summed E-state index contributed by atoms with van der Waals surface area (Å²) in [5.74, 6) is 4.87. The third kappa shape index (κ3) is 1.13. The molecule has 1 fully saturated rings. The van der Waals surface area contributed by atoms with Crippen LogP contribution in [0.5, 0.6) is 0 Å². The smallest absolute Gasteiger partial charge is 0.307 e. The van der Waals surface area contributed by atoms with Gasteiger partial charge in [0.1, 0.15) is 0 Å². The van der Waals surface area contributed by atoms with Crippen molar-refractivity contribution >= 4 is 5.97 Å². The second-order valence-corrected chi connectivity index (χ2v) is 2.52. The van der Waals surface area contributed by atoms with Crippen LogP contribution in [0.2, 0.25) is 0 Å². The molecule has 0 saturated heterocycles. The SMILES string of the molecule is CC#CC1CCC1C(=O)O. The summed E-state index contributed by atoms with van der Waals surface area (Å²) in [5.41, 5.74) is 0. The highest BCUT2D eigenvalue weighted by molar-refractivity contribution is 5.72. The Balaban J connectivity index is 2.48. The molecular formula is C8H10O2. The molecule has 1 saturated carbocycles. The standard InChI is InChI=1S/C8H10O2/c1-2-3-6-4-5-7(6)8(9)10/h6-7H,4-5H2,1H3,(H,9,10). The first-order valence-corrected chi connectivity index (χ1v) is 3.40. The minimum Gasteiger partial charge on any atom is -0.481 e. The number of hydrogen-bond acceptors (Lipinski definition) is 1. The van der Waals surface area contributed by atoms with Crippen LogP contribution in [0.4, 0.5) is 0 Å². The van der Waals surface area contributed by atoms with Crippen molar-refractivity contribution < 1.29 is 9.90 Å². The van der Waals surface area contributed by atoms with Crippen LogP contribution in [0.25, 0.3) is 0 Å². The molecule has 0 aromatic rings. The van der Waals surface area contributed by atoms with E-state index in [0.717, 1.165) is 12.8 Å². The van der Waals surface area contributed by atoms with Crippen molar-refractivity contribution in [1.29, 1.82) is 0 Å². The maximum atomic E-state index is 10.4. The van der Waals surface area contributed by atoms with Crippen LogP contribution in [0.15, 0.2) is 0 Å². The van der Waals surface area contributed by atoms with Crippen LogP contribution in [0, 0.1) is 23.7 Å². The van der Waals surface area contributed by atoms with Gasteiger partial charge in [0.15, 0.2) is 0 Å². The molecule has 0 aromatic carbocycles. The van der Waals surface area contributed by atoms with E-state index in [1.165, 1.54) is 0 Å². The van der Waals surface area contributed by atoms with E-state index in [-0.39, 0.29) is 11.8 Å². The van der Waals surface area contributed by atoms with Gasteiger partial charge in [-0.1, -0.05) is 5.92 Å². The highest BCUT2D eigenvalue weighted by Gasteiger charge is 2.34. The fourth-order valence-corrected chi connectivity index (χ4v) is 1.15. The van der Waals surface area contributed by atoms with Gasteiger partial charge in [0.05, 0.1) is 5.92 Å². The number of aliphatic carboxylic acids is 1. The Kier molecular flexibility index (Phi) is 1.96. The lowest BCUT2D eigenvalue weighted by molar-refractivity contribution is -0.146. The Hall–Kier alpha value is -0.970. The lowest BCUT2D eigenvalue weighted by Gasteiger charge is -2.28. The van der Waals surface area contributed by atoms with Gasteiger partial charge in [-0.2, -0.15) is 0 Å². The van der Waals surface area contributed by atoms with Gasteiger partial charge in [0, 0.05) is 5.92 Å². The molecule has 0 bridgehead atoms. The van der Waals surface area contributed by atoms with E-state index < -0.39 is 5.97 Å². The maximum Gasteiger partial charge on any atom is 0.307 e. The van der Waals surface area contributed by atoms with Crippen LogP contribution < -0.4 is 0 Å². The number of carbonyl (C=O) groups is 1. The minimum atomic E-state index is -0.695. The van der Waals surface area contributed by atoms with E-state index in [1.54, 1.807) is 6.92 Å². The molecule has 2 unspecified atom stereocenters. The molecule has 1 aliphatic rings. The average Bonchev–Trinajstić information content (AvgIpc) is 1.78. The summed E-state index contributed by atoms with van der Waals surface area (Å²) in [6, 6.07) is 0. The third-order valence-corrected chi connectivity index (χ3v) is 1.92. The fraction of sp³-hybridized carbons (Fsp3) is 0.625. The molecule has 1 rings (SSSR count). The molecular weight excluding hydrogens is 128 g/mol. The van der Waals surface area contributed by atoms with E-state index in [2.05, 4.69) is 11.8 Å². The fourth-order valence-electron chi connectivity index (χ4n) is 1.15. The Morgan fingerprint density at radius 1 is 1.60 bits per heavy atom. The Morgan fingerprint density at radius 3 is 2.60 bits per heavy atom. The third-order valence-electron chi connectivity index (χ3n) is 1.92. The van der Waals surface area contributed by atoms with Gasteiger partial charge in [-0.15, -0.1) is 5.92 Å². The van der Waals surface area contributed by atoms with Crippen molar-refractivity contribution in [1.82, 2.24) is 0 Å². The minimum absolute atomic E-state index is 0.127. The monoisotopic (exact) mass is 138 g/mol. The summed E-state index contributed by atoms with van der Waals surface area (Å²) < 4.78 is 0. The summed E-state index contributed by atoms with van der Waals surface area (Å²) in [6.45, 7) is 1.75. The van der Waals surface area contributed by atoms with Gasteiger partial charge in [-0.05, 0) is 19.8 Å². The van der Waals surface area contributed by atoms with Crippen molar-refractivity contribution in [2.75, 3.05) is 0 Å². The van der Waals surface area contributed by atoms with Crippen LogP contribution in [0.3, 0.4) is 0 Å². The van der Waals surface area contributed by atoms with E-state index in [0.29, 0.717) is 0 Å². The van der Waals surface area contributed by atoms with Gasteiger partial charge in [-0.3, -0.25) is 4.79 Å². The zero-order valence-corrected chi connectivity index (χ0v) is 5.92. The first kappa shape index (κ1) is 7.14. The molecule has 0 amide bonds. The summed E-state index contributed by atoms with van der Waals surface area (Å²) in [5, 5.41) is 8.56. The van der Waals surface area contributed by atoms with Gasteiger partial charge < -0.3 is 5.11 Å². The van der Waals surface area contributed by atoms with Crippen molar-refractivity contribution in [3.8, 4) is 11.8 Å². The summed E-state index contributed by atoms with van der Waals surface area (Å²) >= 11 is 0. The molecule has 0 heterocycles. The molecule has 10 heavy (non-hydrogen) atoms. The van der Waals surface area contributed by atoms with Crippen molar-refractivity contribution in [2.24, 2.45) is 11.8 Å². The molecule has 0 aromatic heterocycles. The van der Waals surface area contributed by atoms with Crippen LogP contribution >= 0.6 is 0 Å². The molecule has 0 spiro atoms. The highest BCUT2D eigenvalue weighted by atomic mass is 16.4. The van der Waals surface area contributed by atoms with E-state index in [1.807, 2.05) is 0 Å². The van der Waals surface area contributed by atoms with Gasteiger partial charge >= 0.3 is 5.97 Å². The first-order chi connectivity index (χ1) is 4.75. The Bertz CT molecular complexity index is 197. The van der Waals surface area contributed by atoms with Crippen LogP contribution in [0.1, 0.15) is 19.8 Å². The largest absolute Gasteiger partial charge is 0.481 e. The van der Waals surface area contributed by atoms with Crippen molar-refractivity contribution in [3.05, 3.63) is 0 Å². The van der Waals surface area contributed by atoms with E-state index in [4.69, 9.17) is 5.11 Å². The van der Waals surface area contributed by atoms with Crippen molar-refractivity contribution in [3.63, 3.8) is 0 Å². The quantitative estimate of drug-likeness (QED) is 0.551. The molecule has 1 N–H and O–H groups in total. The van der Waals surface area contributed by atoms with Crippen LogP contribution in [-0.2, 0) is 4.79 Å². The highest BCUT2D eigenvalue weighted by Crippen LogP contribution is 2.33. The zero-order chi connectivity index (χ0) is 7.56. The predicted octanol–water partition coefficient (Wildman–Crippen LogP) is 1.12. The second kappa shape index (κ2) is 2.74. The maximum absolute atomic E-state index is 10.4. The normalized spacial score (nSPS) is 29.7. The first-order valence-electron chi connectivity index (χ1n) is 3.40. The number of carboxylic acids is 1. The molecule has 2 heteroatoms. The summed E-state index contributed by atoms with van der Waals surface area (Å²) in [6.07, 6.45) is 1.76. The molecule has 0 aliphatic heterocycles. The topological polar surface area (TPSA) is 37.3 Å². The molecule has 1 aliphatic carbocycles. The zero-order valence-electron chi connectivity index (χ0n) is 5.92. The van der Waals surface area contributed by atoms with Gasteiger partial charge in [0.2, 0.25) is 0 Å². The number of rotatable bonds is 1. The molecule has 2 nitrogen and oxygen atoms in total. The van der Waals surface area contributed by atoms with E-state index in [9.17, 15) is 4.79 Å². The number of carboxylic acid groups (broad SMARTS) is 1. The second-order valence-electron chi connectivity index (χ2n) is 2.52. The Labute approximate surface area is 60.2 Å². The lowest BCUT2D eigenvalue weighted by atomic mass is 9.74. The average molecular weight is 138 g/mol. The Morgan fingerprint density at radius 2 is 2.30 bits per heavy atom. The molecule has 2 atom stereocenters. The van der Waals surface area contributed by atoms with Gasteiger partial charge in [0.25, 0.3) is 0 Å². The molecule has 54 valence electrons. The van der Waals surface area contributed by atoms with Gasteiger partial charge in [-0.25, -0.2) is 0 Å². The summed E-state index contributed by atoms with van der Waals surface area (Å²) in [7, 11) is 0. The van der Waals surface area contributed by atoms with E-state index >= 15 is 0 Å². The predicted molar refractivity (Wildman–Crippen MR) is 37.3 cm³/mol. The molecule has 0 radical (unpaired) electrons. The summed E-state index contributed by atoms with van der Waals surface area (Å²) in [4.78, 5) is 10.4. The lowest BCUT2D eigenvalue weighted by Crippen LogP contribution is -2.31. The van der Waals surface area contributed by atoms with Crippen molar-refractivity contribution in [2.45, 2.75) is 19.8 Å².